The summed E-state index contributed by atoms with van der Waals surface area (Å²) in [4.78, 5) is 9.01. The molecule has 1 aliphatic heterocycles. The van der Waals surface area contributed by atoms with Crippen LogP contribution < -0.4 is 15.4 Å². The van der Waals surface area contributed by atoms with E-state index in [4.69, 9.17) is 16.6 Å². The van der Waals surface area contributed by atoms with Gasteiger partial charge in [0.1, 0.15) is 5.82 Å². The minimum Gasteiger partial charge on any atom is -0.388 e. The monoisotopic (exact) mass is 613 g/mol. The minimum absolute atomic E-state index is 0.134. The Labute approximate surface area is 247 Å². The lowest BCUT2D eigenvalue weighted by Crippen LogP contribution is -2.35. The van der Waals surface area contributed by atoms with Crippen LogP contribution in [0.2, 0.25) is 5.02 Å². The molecular weight excluding hydrogens is 584 g/mol. The fourth-order valence-corrected chi connectivity index (χ4v) is 7.50. The molecule has 220 valence electrons. The number of benzene rings is 3. The molecule has 4 N–H and O–H groups in total. The van der Waals surface area contributed by atoms with E-state index in [9.17, 15) is 13.5 Å². The Hall–Kier alpha value is -3.38. The number of nitrogens with zero attached hydrogens (tertiary/aromatic N) is 2. The second kappa shape index (κ2) is 11.4. The number of halogens is 3. The second-order valence-electron chi connectivity index (χ2n) is 10.7. The van der Waals surface area contributed by atoms with Crippen LogP contribution in [-0.4, -0.2) is 42.6 Å². The third-order valence-electron chi connectivity index (χ3n) is 7.96. The molecule has 4 aromatic rings. The van der Waals surface area contributed by atoms with E-state index in [1.54, 1.807) is 18.3 Å². The first-order chi connectivity index (χ1) is 20.1. The van der Waals surface area contributed by atoms with Gasteiger partial charge in [-0.05, 0) is 104 Å². The zero-order valence-corrected chi connectivity index (χ0v) is 24.4. The summed E-state index contributed by atoms with van der Waals surface area (Å²) in [5, 5.41) is 17.7. The van der Waals surface area contributed by atoms with E-state index in [-0.39, 0.29) is 27.1 Å². The van der Waals surface area contributed by atoms with Crippen molar-refractivity contribution in [2.45, 2.75) is 56.1 Å². The van der Waals surface area contributed by atoms with Gasteiger partial charge in [0, 0.05) is 22.6 Å². The van der Waals surface area contributed by atoms with Gasteiger partial charge in [-0.25, -0.2) is 27.2 Å². The van der Waals surface area contributed by atoms with Crippen molar-refractivity contribution in [3.8, 4) is 11.1 Å². The van der Waals surface area contributed by atoms with Crippen molar-refractivity contribution in [2.75, 3.05) is 23.1 Å². The maximum absolute atomic E-state index is 16.0. The van der Waals surface area contributed by atoms with Gasteiger partial charge >= 0.3 is 0 Å². The molecule has 1 fully saturated rings. The summed E-state index contributed by atoms with van der Waals surface area (Å²) in [6.45, 7) is 3.77. The number of hydrogen-bond acceptors (Lipinski definition) is 7. The number of anilines is 2. The molecule has 1 saturated heterocycles. The number of aryl methyl sites for hydroxylation is 1. The van der Waals surface area contributed by atoms with E-state index < -0.39 is 33.4 Å². The third-order valence-corrected chi connectivity index (χ3v) is 9.61. The first-order valence-electron chi connectivity index (χ1n) is 13.9. The van der Waals surface area contributed by atoms with E-state index in [2.05, 4.69) is 20.3 Å². The van der Waals surface area contributed by atoms with Gasteiger partial charge in [0.05, 0.1) is 27.8 Å². The van der Waals surface area contributed by atoms with Gasteiger partial charge in [-0.2, -0.15) is 0 Å². The van der Waals surface area contributed by atoms with E-state index in [0.717, 1.165) is 43.6 Å². The number of fused-ring (bicyclic) bond motifs is 2. The molecule has 1 aromatic heterocycles. The predicted octanol–water partition coefficient (Wildman–Crippen LogP) is 5.74. The largest absolute Gasteiger partial charge is 0.388 e. The number of rotatable bonds is 7. The molecule has 8 nitrogen and oxygen atoms in total. The van der Waals surface area contributed by atoms with Gasteiger partial charge < -0.3 is 15.7 Å². The van der Waals surface area contributed by atoms with Crippen LogP contribution in [0.5, 0.6) is 0 Å². The molecule has 0 radical (unpaired) electrons. The minimum atomic E-state index is -4.32. The van der Waals surface area contributed by atoms with E-state index in [0.29, 0.717) is 47.2 Å². The molecule has 0 amide bonds. The van der Waals surface area contributed by atoms with Gasteiger partial charge in [-0.3, -0.25) is 4.72 Å². The number of piperidine rings is 1. The van der Waals surface area contributed by atoms with Crippen LogP contribution in [0.1, 0.15) is 49.0 Å². The lowest BCUT2D eigenvalue weighted by atomic mass is 9.97. The normalized spacial score (nSPS) is 17.4. The lowest BCUT2D eigenvalue weighted by molar-refractivity contribution is 0.180. The number of aliphatic hydroxyl groups is 1. The first kappa shape index (κ1) is 28.7. The fraction of sp³-hybridized carbons (Fsp3) is 0.333. The fourth-order valence-electron chi connectivity index (χ4n) is 5.82. The summed E-state index contributed by atoms with van der Waals surface area (Å²) < 4.78 is 60.3. The van der Waals surface area contributed by atoms with Crippen molar-refractivity contribution in [3.63, 3.8) is 0 Å². The number of nitrogens with one attached hydrogen (secondary N) is 3. The van der Waals surface area contributed by atoms with Gasteiger partial charge in [0.2, 0.25) is 5.95 Å². The molecule has 12 heteroatoms. The maximum Gasteiger partial charge on any atom is 0.262 e. The number of aliphatic hydroxyl groups excluding tert-OH is 1. The molecular formula is C30H30ClF2N5O3S. The Bertz CT molecular complexity index is 1800. The second-order valence-corrected chi connectivity index (χ2v) is 12.8. The Morgan fingerprint density at radius 2 is 1.90 bits per heavy atom. The average molecular weight is 614 g/mol. The van der Waals surface area contributed by atoms with Crippen LogP contribution in [-0.2, 0) is 22.9 Å². The summed E-state index contributed by atoms with van der Waals surface area (Å²) >= 11 is 6.15. The molecule has 1 atom stereocenters. The highest BCUT2D eigenvalue weighted by Crippen LogP contribution is 2.39. The highest BCUT2D eigenvalue weighted by molar-refractivity contribution is 7.92. The SMILES string of the molecule is CCc1cc(-c2c(F)ccc(NS(=O)(=O)c3cc(Cl)cc4c3CC[C@H]4O)c2F)cc2cnc(NC3CCNCC3)nc12. The number of sulfonamides is 1. The Morgan fingerprint density at radius 1 is 1.12 bits per heavy atom. The average Bonchev–Trinajstić information content (AvgIpc) is 3.34. The molecule has 1 aliphatic carbocycles. The summed E-state index contributed by atoms with van der Waals surface area (Å²) in [6.07, 6.45) is 3.95. The van der Waals surface area contributed by atoms with E-state index >= 15 is 8.78 Å². The van der Waals surface area contributed by atoms with Crippen molar-refractivity contribution < 1.29 is 22.3 Å². The standard InChI is InChI=1S/C30H30ClF2N5O3S/c1-2-16-11-17(12-18-15-35-30(37-29(16)18)36-20-7-9-34-10-8-20)27-23(32)4-5-24(28(27)33)38-42(40,41)26-14-19(31)13-22-21(26)3-6-25(22)39/h4-5,11-15,20,25,34,38-39H,2-3,6-10H2,1H3,(H,35,36,37)/t25-/m1/s1. The van der Waals surface area contributed by atoms with Crippen LogP contribution in [0, 0.1) is 11.6 Å². The topological polar surface area (TPSA) is 116 Å². The zero-order chi connectivity index (χ0) is 29.6. The van der Waals surface area contributed by atoms with Crippen molar-refractivity contribution in [1.29, 1.82) is 0 Å². The maximum atomic E-state index is 16.0. The summed E-state index contributed by atoms with van der Waals surface area (Å²) in [6, 6.07) is 8.43. The quantitative estimate of drug-likeness (QED) is 0.210. The van der Waals surface area contributed by atoms with E-state index in [1.165, 1.54) is 12.1 Å². The molecule has 0 unspecified atom stereocenters. The lowest BCUT2D eigenvalue weighted by Gasteiger charge is -2.23. The summed E-state index contributed by atoms with van der Waals surface area (Å²) in [5.74, 6) is -1.39. The van der Waals surface area contributed by atoms with Crippen LogP contribution in [0.15, 0.2) is 47.5 Å². The molecule has 3 aromatic carbocycles. The molecule has 2 aliphatic rings. The van der Waals surface area contributed by atoms with Gasteiger partial charge in [0.15, 0.2) is 5.82 Å². The predicted molar refractivity (Wildman–Crippen MR) is 159 cm³/mol. The van der Waals surface area contributed by atoms with Crippen LogP contribution in [0.25, 0.3) is 22.0 Å². The van der Waals surface area contributed by atoms with Crippen molar-refractivity contribution in [3.05, 3.63) is 75.9 Å². The third kappa shape index (κ3) is 5.42. The molecule has 42 heavy (non-hydrogen) atoms. The van der Waals surface area contributed by atoms with Gasteiger partial charge in [-0.1, -0.05) is 18.5 Å². The molecule has 6 rings (SSSR count). The van der Waals surface area contributed by atoms with Crippen molar-refractivity contribution in [1.82, 2.24) is 15.3 Å². The van der Waals surface area contributed by atoms with Crippen LogP contribution >= 0.6 is 11.6 Å². The van der Waals surface area contributed by atoms with Gasteiger partial charge in [0.25, 0.3) is 10.0 Å². The number of aromatic nitrogens is 2. The Morgan fingerprint density at radius 3 is 2.67 bits per heavy atom. The molecule has 0 saturated carbocycles. The highest BCUT2D eigenvalue weighted by atomic mass is 35.5. The molecule has 2 heterocycles. The van der Waals surface area contributed by atoms with E-state index in [1.807, 2.05) is 6.92 Å². The summed E-state index contributed by atoms with van der Waals surface area (Å²) in [7, 11) is -4.32. The Balaban J connectivity index is 1.36. The van der Waals surface area contributed by atoms with Crippen molar-refractivity contribution >= 4 is 44.2 Å². The Kier molecular flexibility index (Phi) is 7.77. The smallest absolute Gasteiger partial charge is 0.262 e. The molecule has 0 spiro atoms. The van der Waals surface area contributed by atoms with Crippen LogP contribution in [0.3, 0.4) is 0 Å². The van der Waals surface area contributed by atoms with Crippen LogP contribution in [0.4, 0.5) is 20.4 Å². The molecule has 0 bridgehead atoms. The summed E-state index contributed by atoms with van der Waals surface area (Å²) in [5.41, 5.74) is 1.79. The number of hydrogen-bond donors (Lipinski definition) is 4. The van der Waals surface area contributed by atoms with Crippen molar-refractivity contribution in [2.24, 2.45) is 0 Å². The first-order valence-corrected chi connectivity index (χ1v) is 15.8. The van der Waals surface area contributed by atoms with Gasteiger partial charge in [-0.15, -0.1) is 0 Å². The highest BCUT2D eigenvalue weighted by Gasteiger charge is 2.30. The zero-order valence-electron chi connectivity index (χ0n) is 22.8.